The van der Waals surface area contributed by atoms with Gasteiger partial charge in [-0.25, -0.2) is 9.97 Å². The van der Waals surface area contributed by atoms with Crippen molar-refractivity contribution in [3.05, 3.63) is 125 Å². The molecule has 47 heavy (non-hydrogen) atoms. The van der Waals surface area contributed by atoms with Gasteiger partial charge in [-0.1, -0.05) is 71.9 Å². The summed E-state index contributed by atoms with van der Waals surface area (Å²) < 4.78 is 11.3. The molecule has 1 saturated heterocycles. The van der Waals surface area contributed by atoms with E-state index in [1.165, 1.54) is 11.8 Å². The van der Waals surface area contributed by atoms with Crippen LogP contribution in [0, 0.1) is 0 Å². The van der Waals surface area contributed by atoms with E-state index in [1.807, 2.05) is 48.5 Å². The van der Waals surface area contributed by atoms with Crippen LogP contribution in [0.25, 0.3) is 22.3 Å². The number of aliphatic imine (C=N–C) groups is 1. The second kappa shape index (κ2) is 14.0. The molecule has 10 heteroatoms. The van der Waals surface area contributed by atoms with E-state index in [-0.39, 0.29) is 19.1 Å². The van der Waals surface area contributed by atoms with Crippen molar-refractivity contribution < 1.29 is 19.4 Å². The molecule has 0 atom stereocenters. The quantitative estimate of drug-likeness (QED) is 0.0985. The van der Waals surface area contributed by atoms with Gasteiger partial charge in [0.1, 0.15) is 16.9 Å². The first-order valence-electron chi connectivity index (χ1n) is 15.3. The van der Waals surface area contributed by atoms with Crippen LogP contribution in [0.15, 0.2) is 112 Å². The molecule has 0 saturated carbocycles. The number of aromatic nitrogens is 2. The van der Waals surface area contributed by atoms with E-state index in [0.29, 0.717) is 39.3 Å². The van der Waals surface area contributed by atoms with Gasteiger partial charge in [-0.3, -0.25) is 9.79 Å². The van der Waals surface area contributed by atoms with Crippen LogP contribution in [0.2, 0.25) is 5.02 Å². The highest BCUT2D eigenvalue weighted by Gasteiger charge is 2.27. The summed E-state index contributed by atoms with van der Waals surface area (Å²) in [7, 11) is 0. The van der Waals surface area contributed by atoms with E-state index in [9.17, 15) is 9.90 Å². The van der Waals surface area contributed by atoms with Crippen LogP contribution >= 0.6 is 23.4 Å². The highest BCUT2D eigenvalue weighted by Crippen LogP contribution is 2.44. The first kappa shape index (κ1) is 30.9. The molecule has 236 valence electrons. The Morgan fingerprint density at radius 3 is 2.45 bits per heavy atom. The highest BCUT2D eigenvalue weighted by molar-refractivity contribution is 7.99. The van der Waals surface area contributed by atoms with E-state index in [1.54, 1.807) is 24.5 Å². The number of fused-ring (bicyclic) bond motifs is 3. The van der Waals surface area contributed by atoms with Crippen molar-refractivity contribution in [1.82, 2.24) is 9.97 Å². The predicted molar refractivity (Wildman–Crippen MR) is 182 cm³/mol. The molecule has 2 aromatic heterocycles. The largest absolute Gasteiger partial charge is 0.599 e. The van der Waals surface area contributed by atoms with Gasteiger partial charge in [0, 0.05) is 48.5 Å². The third kappa shape index (κ3) is 6.60. The standard InChI is InChI=1S/C37H31ClN4O4S/c38-33-19-26(24-11-13-39-34(20-24)42-14-16-45-17-15-42)18-27(35(33)47-36-25(22-43)6-5-12-40-36)21-41-37(44)46-23-32-30-9-3-1-7-28(30)29-8-2-4-10-31(29)32/h1-13,18-20,22,32H,14-17,21,23H2,(H,41,44)/p-1. The number of carbonyl (C=O) groups is 1. The Bertz CT molecular complexity index is 1920. The van der Waals surface area contributed by atoms with Gasteiger partial charge in [0.2, 0.25) is 0 Å². The second-order valence-electron chi connectivity index (χ2n) is 11.2. The number of halogens is 1. The molecule has 0 bridgehead atoms. The molecule has 0 radical (unpaired) electrons. The van der Waals surface area contributed by atoms with Crippen LogP contribution in [0.3, 0.4) is 0 Å². The molecule has 0 spiro atoms. The molecule has 1 fully saturated rings. The monoisotopic (exact) mass is 661 g/mol. The van der Waals surface area contributed by atoms with Crippen molar-refractivity contribution in [2.24, 2.45) is 4.99 Å². The van der Waals surface area contributed by atoms with Gasteiger partial charge < -0.3 is 19.5 Å². The summed E-state index contributed by atoms with van der Waals surface area (Å²) in [4.78, 5) is 27.9. The summed E-state index contributed by atoms with van der Waals surface area (Å²) in [5.41, 5.74) is 7.52. The third-order valence-corrected chi connectivity index (χ3v) is 10.0. The van der Waals surface area contributed by atoms with Crippen LogP contribution in [-0.4, -0.2) is 55.2 Å². The molecule has 3 heterocycles. The highest BCUT2D eigenvalue weighted by atomic mass is 35.5. The smallest absolute Gasteiger partial charge is 0.152 e. The van der Waals surface area contributed by atoms with Gasteiger partial charge in [-0.2, -0.15) is 0 Å². The number of morpholine rings is 1. The fourth-order valence-corrected chi connectivity index (χ4v) is 7.38. The minimum atomic E-state index is -0.658. The third-order valence-electron chi connectivity index (χ3n) is 8.38. The van der Waals surface area contributed by atoms with Crippen LogP contribution in [0.5, 0.6) is 0 Å². The van der Waals surface area contributed by atoms with E-state index in [0.717, 1.165) is 58.6 Å². The minimum absolute atomic E-state index is 0.0250. The van der Waals surface area contributed by atoms with Gasteiger partial charge in [0.15, 0.2) is 6.29 Å². The Morgan fingerprint density at radius 1 is 0.957 bits per heavy atom. The van der Waals surface area contributed by atoms with E-state index in [2.05, 4.69) is 44.1 Å². The average molecular weight is 662 g/mol. The Kier molecular flexibility index (Phi) is 9.19. The number of benzene rings is 3. The van der Waals surface area contributed by atoms with Crippen molar-refractivity contribution in [3.8, 4) is 22.3 Å². The number of anilines is 1. The van der Waals surface area contributed by atoms with E-state index >= 15 is 0 Å². The fourth-order valence-electron chi connectivity index (χ4n) is 6.08. The van der Waals surface area contributed by atoms with Crippen molar-refractivity contribution in [2.75, 3.05) is 37.8 Å². The van der Waals surface area contributed by atoms with Gasteiger partial charge >= 0.3 is 0 Å². The summed E-state index contributed by atoms with van der Waals surface area (Å²) in [5.74, 6) is 0.790. The molecule has 0 unspecified atom stereocenters. The van der Waals surface area contributed by atoms with Crippen molar-refractivity contribution in [3.63, 3.8) is 0 Å². The molecular weight excluding hydrogens is 632 g/mol. The Balaban J connectivity index is 1.18. The Morgan fingerprint density at radius 2 is 1.70 bits per heavy atom. The van der Waals surface area contributed by atoms with E-state index < -0.39 is 6.08 Å². The van der Waals surface area contributed by atoms with Crippen molar-refractivity contribution in [1.29, 1.82) is 0 Å². The molecule has 5 aromatic rings. The predicted octanol–water partition coefficient (Wildman–Crippen LogP) is 6.64. The van der Waals surface area contributed by atoms with Gasteiger partial charge in [-0.05, 0) is 75.3 Å². The van der Waals surface area contributed by atoms with Crippen LogP contribution in [-0.2, 0) is 16.0 Å². The maximum absolute atomic E-state index is 13.1. The molecule has 8 nitrogen and oxygen atoms in total. The zero-order chi connectivity index (χ0) is 32.2. The summed E-state index contributed by atoms with van der Waals surface area (Å²) in [6.07, 6.45) is 3.52. The maximum Gasteiger partial charge on any atom is 0.152 e. The lowest BCUT2D eigenvalue weighted by Gasteiger charge is -2.28. The molecule has 3 aromatic carbocycles. The lowest BCUT2D eigenvalue weighted by atomic mass is 9.98. The Labute approximate surface area is 282 Å². The number of pyridine rings is 2. The van der Waals surface area contributed by atoms with Gasteiger partial charge in [0.05, 0.1) is 24.8 Å². The zero-order valence-corrected chi connectivity index (χ0v) is 26.9. The number of hydrogen-bond donors (Lipinski definition) is 0. The number of aldehydes is 1. The van der Waals surface area contributed by atoms with Crippen LogP contribution < -0.4 is 10.0 Å². The molecule has 0 N–H and O–H groups in total. The molecule has 1 aliphatic heterocycles. The van der Waals surface area contributed by atoms with Gasteiger partial charge in [-0.15, -0.1) is 0 Å². The second-order valence-corrected chi connectivity index (χ2v) is 12.6. The Hall–Kier alpha value is -4.70. The number of hydrogen-bond acceptors (Lipinski definition) is 9. The summed E-state index contributed by atoms with van der Waals surface area (Å²) >= 11 is 8.21. The number of ether oxygens (including phenoxy) is 2. The lowest BCUT2D eigenvalue weighted by molar-refractivity contribution is -0.251. The van der Waals surface area contributed by atoms with Crippen LogP contribution in [0.4, 0.5) is 5.82 Å². The van der Waals surface area contributed by atoms with Crippen LogP contribution in [0.1, 0.15) is 33.0 Å². The topological polar surface area (TPSA) is 100.0 Å². The number of carbonyl (C=O) groups excluding carboxylic acids is 1. The van der Waals surface area contributed by atoms with E-state index in [4.69, 9.17) is 21.1 Å². The molecular formula is C37H30ClN4O4S-. The molecule has 1 aliphatic carbocycles. The SMILES string of the molecule is O=Cc1cccnc1Sc1c(Cl)cc(-c2ccnc(N3CCOCC3)c2)cc1CN=C([O-])OCC1c2ccccc2-c2ccccc21. The van der Waals surface area contributed by atoms with Gasteiger partial charge in [0.25, 0.3) is 0 Å². The molecule has 7 rings (SSSR count). The number of nitrogens with zero attached hydrogens (tertiary/aromatic N) is 4. The molecule has 0 amide bonds. The first-order valence-corrected chi connectivity index (χ1v) is 16.5. The summed E-state index contributed by atoms with van der Waals surface area (Å²) in [6, 6.07) is 27.6. The van der Waals surface area contributed by atoms with Crippen molar-refractivity contribution in [2.45, 2.75) is 22.4 Å². The zero-order valence-electron chi connectivity index (χ0n) is 25.3. The summed E-state index contributed by atoms with van der Waals surface area (Å²) in [6.45, 7) is 3.04. The number of rotatable bonds is 9. The summed E-state index contributed by atoms with van der Waals surface area (Å²) in [5, 5.41) is 14.1. The fraction of sp³-hybridized carbons (Fsp3) is 0.189. The first-order chi connectivity index (χ1) is 23.1. The normalized spacial score (nSPS) is 14.5. The maximum atomic E-state index is 13.1. The van der Waals surface area contributed by atoms with Crippen molar-refractivity contribution >= 4 is 41.6 Å². The molecule has 2 aliphatic rings. The minimum Gasteiger partial charge on any atom is -0.599 e. The average Bonchev–Trinajstić information content (AvgIpc) is 3.45. The lowest BCUT2D eigenvalue weighted by Crippen LogP contribution is -2.36.